The van der Waals surface area contributed by atoms with Gasteiger partial charge in [-0.05, 0) is 16.8 Å². The summed E-state index contributed by atoms with van der Waals surface area (Å²) < 4.78 is 5.67. The van der Waals surface area contributed by atoms with E-state index in [9.17, 15) is 9.59 Å². The quantitative estimate of drug-likeness (QED) is 0.723. The highest BCUT2D eigenvalue weighted by Gasteiger charge is 2.23. The van der Waals surface area contributed by atoms with Crippen molar-refractivity contribution < 1.29 is 14.0 Å². The van der Waals surface area contributed by atoms with Crippen LogP contribution >= 0.6 is 0 Å². The van der Waals surface area contributed by atoms with Gasteiger partial charge >= 0.3 is 0 Å². The number of hydrogen-bond donors (Lipinski definition) is 0. The van der Waals surface area contributed by atoms with Crippen LogP contribution < -0.4 is 0 Å². The van der Waals surface area contributed by atoms with Gasteiger partial charge in [0.2, 0.25) is 11.8 Å². The van der Waals surface area contributed by atoms with Gasteiger partial charge in [-0.1, -0.05) is 30.3 Å². The molecule has 1 aromatic heterocycles. The zero-order valence-corrected chi connectivity index (χ0v) is 14.2. The maximum atomic E-state index is 12.7. The molecule has 4 rings (SSSR count). The van der Waals surface area contributed by atoms with E-state index in [4.69, 9.17) is 4.42 Å². The Morgan fingerprint density at radius 3 is 2.48 bits per heavy atom. The summed E-state index contributed by atoms with van der Waals surface area (Å²) >= 11 is 0. The minimum Gasteiger partial charge on any atom is -0.464 e. The van der Waals surface area contributed by atoms with E-state index < -0.39 is 0 Å². The van der Waals surface area contributed by atoms with E-state index in [1.54, 1.807) is 18.1 Å². The predicted octanol–water partition coefficient (Wildman–Crippen LogP) is 2.82. The van der Waals surface area contributed by atoms with Crippen molar-refractivity contribution >= 4 is 33.6 Å². The van der Waals surface area contributed by atoms with Crippen molar-refractivity contribution in [2.24, 2.45) is 0 Å². The summed E-state index contributed by atoms with van der Waals surface area (Å²) in [5.41, 5.74) is 1.73. The zero-order chi connectivity index (χ0) is 17.4. The number of rotatable bonds is 2. The first-order chi connectivity index (χ1) is 12.1. The number of benzene rings is 2. The summed E-state index contributed by atoms with van der Waals surface area (Å²) in [6.45, 7) is 3.97. The largest absolute Gasteiger partial charge is 0.464 e. The van der Waals surface area contributed by atoms with Crippen molar-refractivity contribution in [3.8, 4) is 0 Å². The number of amides is 2. The molecule has 0 atom stereocenters. The van der Waals surface area contributed by atoms with Crippen LogP contribution in [0.4, 0.5) is 0 Å². The third-order valence-corrected chi connectivity index (χ3v) is 4.96. The minimum absolute atomic E-state index is 0.0689. The third-order valence-electron chi connectivity index (χ3n) is 4.96. The van der Waals surface area contributed by atoms with Crippen molar-refractivity contribution in [2.75, 3.05) is 26.2 Å². The van der Waals surface area contributed by atoms with E-state index in [0.717, 1.165) is 27.3 Å². The lowest BCUT2D eigenvalue weighted by molar-refractivity contribution is -0.138. The van der Waals surface area contributed by atoms with Crippen molar-refractivity contribution in [3.05, 3.63) is 48.2 Å². The van der Waals surface area contributed by atoms with Crippen LogP contribution in [0.3, 0.4) is 0 Å². The smallest absolute Gasteiger partial charge is 0.227 e. The van der Waals surface area contributed by atoms with Crippen LogP contribution in [0, 0.1) is 0 Å². The molecule has 2 aromatic carbocycles. The third kappa shape index (κ3) is 2.86. The van der Waals surface area contributed by atoms with E-state index in [1.807, 2.05) is 29.2 Å². The van der Waals surface area contributed by atoms with E-state index in [0.29, 0.717) is 32.6 Å². The Morgan fingerprint density at radius 1 is 1.00 bits per heavy atom. The number of carbonyl (C=O) groups is 2. The van der Waals surface area contributed by atoms with Crippen LogP contribution in [0.15, 0.2) is 47.1 Å². The van der Waals surface area contributed by atoms with Crippen molar-refractivity contribution in [1.82, 2.24) is 9.80 Å². The van der Waals surface area contributed by atoms with Gasteiger partial charge in [-0.25, -0.2) is 0 Å². The number of carbonyl (C=O) groups excluding carboxylic acids is 2. The Kier molecular flexibility index (Phi) is 3.92. The summed E-state index contributed by atoms with van der Waals surface area (Å²) in [6, 6.07) is 12.1. The molecule has 0 spiro atoms. The molecule has 1 fully saturated rings. The van der Waals surface area contributed by atoms with Crippen LogP contribution in [0.5, 0.6) is 0 Å². The lowest BCUT2D eigenvalue weighted by atomic mass is 10.0. The topological polar surface area (TPSA) is 53.8 Å². The summed E-state index contributed by atoms with van der Waals surface area (Å²) in [5, 5.41) is 3.27. The molecule has 5 nitrogen and oxygen atoms in total. The molecule has 0 radical (unpaired) electrons. The van der Waals surface area contributed by atoms with Crippen molar-refractivity contribution in [1.29, 1.82) is 0 Å². The Hall–Kier alpha value is -2.82. The maximum absolute atomic E-state index is 12.7. The Morgan fingerprint density at radius 2 is 1.72 bits per heavy atom. The molecule has 1 saturated heterocycles. The SMILES string of the molecule is CC(=O)N1CCN(C(=O)Cc2coc3ccc4ccccc4c23)CC1. The highest BCUT2D eigenvalue weighted by Crippen LogP contribution is 2.30. The lowest BCUT2D eigenvalue weighted by Crippen LogP contribution is -2.50. The standard InChI is InChI=1S/C20H20N2O3/c1-14(23)21-8-10-22(11-9-21)19(24)12-16-13-25-18-7-6-15-4-2-3-5-17(15)20(16)18/h2-7,13H,8-12H2,1H3. The molecule has 2 amide bonds. The van der Waals surface area contributed by atoms with Crippen molar-refractivity contribution in [3.63, 3.8) is 0 Å². The molecule has 0 N–H and O–H groups in total. The van der Waals surface area contributed by atoms with Gasteiger partial charge < -0.3 is 14.2 Å². The van der Waals surface area contributed by atoms with Gasteiger partial charge in [0.15, 0.2) is 0 Å². The fourth-order valence-electron chi connectivity index (χ4n) is 3.55. The predicted molar refractivity (Wildman–Crippen MR) is 96.3 cm³/mol. The molecule has 5 heteroatoms. The number of hydrogen-bond acceptors (Lipinski definition) is 3. The molecule has 0 unspecified atom stereocenters. The summed E-state index contributed by atoms with van der Waals surface area (Å²) in [4.78, 5) is 27.7. The Balaban J connectivity index is 1.58. The van der Waals surface area contributed by atoms with Gasteiger partial charge in [0.05, 0.1) is 12.7 Å². The summed E-state index contributed by atoms with van der Waals surface area (Å²) in [6.07, 6.45) is 2.02. The van der Waals surface area contributed by atoms with E-state index in [2.05, 4.69) is 12.1 Å². The van der Waals surface area contributed by atoms with Crippen molar-refractivity contribution in [2.45, 2.75) is 13.3 Å². The van der Waals surface area contributed by atoms with Crippen LogP contribution in [0.1, 0.15) is 12.5 Å². The molecule has 0 bridgehead atoms. The van der Waals surface area contributed by atoms with Gasteiger partial charge in [-0.2, -0.15) is 0 Å². The van der Waals surface area contributed by atoms with Gasteiger partial charge in [-0.3, -0.25) is 9.59 Å². The molecular formula is C20H20N2O3. The molecule has 1 aliphatic heterocycles. The number of nitrogens with zero attached hydrogens (tertiary/aromatic N) is 2. The summed E-state index contributed by atoms with van der Waals surface area (Å²) in [5.74, 6) is 0.151. The first kappa shape index (κ1) is 15.7. The molecular weight excluding hydrogens is 316 g/mol. The number of fused-ring (bicyclic) bond motifs is 3. The van der Waals surface area contributed by atoms with E-state index in [1.165, 1.54) is 0 Å². The first-order valence-corrected chi connectivity index (χ1v) is 8.54. The highest BCUT2D eigenvalue weighted by atomic mass is 16.3. The van der Waals surface area contributed by atoms with Gasteiger partial charge in [-0.15, -0.1) is 0 Å². The maximum Gasteiger partial charge on any atom is 0.227 e. The van der Waals surface area contributed by atoms with Gasteiger partial charge in [0.25, 0.3) is 0 Å². The van der Waals surface area contributed by atoms with E-state index in [-0.39, 0.29) is 11.8 Å². The Bertz CT molecular complexity index is 952. The zero-order valence-electron chi connectivity index (χ0n) is 14.2. The molecule has 25 heavy (non-hydrogen) atoms. The van der Waals surface area contributed by atoms with Crippen LogP contribution in [-0.2, 0) is 16.0 Å². The molecule has 1 aliphatic rings. The lowest BCUT2D eigenvalue weighted by Gasteiger charge is -2.34. The average Bonchev–Trinajstić information content (AvgIpc) is 3.05. The first-order valence-electron chi connectivity index (χ1n) is 8.54. The molecule has 2 heterocycles. The van der Waals surface area contributed by atoms with Crippen LogP contribution in [0.25, 0.3) is 21.7 Å². The van der Waals surface area contributed by atoms with E-state index >= 15 is 0 Å². The summed E-state index contributed by atoms with van der Waals surface area (Å²) in [7, 11) is 0. The van der Waals surface area contributed by atoms with Crippen LogP contribution in [0.2, 0.25) is 0 Å². The van der Waals surface area contributed by atoms with Gasteiger partial charge in [0, 0.05) is 44.1 Å². The fourth-order valence-corrected chi connectivity index (χ4v) is 3.55. The molecule has 0 saturated carbocycles. The molecule has 128 valence electrons. The second-order valence-electron chi connectivity index (χ2n) is 6.48. The highest BCUT2D eigenvalue weighted by molar-refractivity contribution is 6.08. The monoisotopic (exact) mass is 336 g/mol. The molecule has 3 aromatic rings. The molecule has 0 aliphatic carbocycles. The minimum atomic E-state index is 0.0689. The average molecular weight is 336 g/mol. The fraction of sp³-hybridized carbons (Fsp3) is 0.300. The van der Waals surface area contributed by atoms with Crippen LogP contribution in [-0.4, -0.2) is 47.8 Å². The number of piperazine rings is 1. The normalized spacial score (nSPS) is 15.1. The second kappa shape index (κ2) is 6.24. The van der Waals surface area contributed by atoms with Gasteiger partial charge in [0.1, 0.15) is 5.58 Å². The second-order valence-corrected chi connectivity index (χ2v) is 6.48. The number of furan rings is 1. The Labute approximate surface area is 145 Å².